The minimum absolute atomic E-state index is 0.434. The molecule has 0 amide bonds. The molecule has 0 radical (unpaired) electrons. The van der Waals surface area contributed by atoms with E-state index in [1.54, 1.807) is 7.11 Å². The molecular formula is C14H18ClNO2. The van der Waals surface area contributed by atoms with Gasteiger partial charge >= 0.3 is 0 Å². The van der Waals surface area contributed by atoms with Crippen molar-refractivity contribution in [2.75, 3.05) is 13.7 Å². The van der Waals surface area contributed by atoms with Gasteiger partial charge in [0.25, 0.3) is 0 Å². The van der Waals surface area contributed by atoms with Crippen LogP contribution in [0, 0.1) is 0 Å². The number of hydrogen-bond donors (Lipinski definition) is 1. The molecule has 0 aromatic heterocycles. The lowest BCUT2D eigenvalue weighted by Crippen LogP contribution is -2.44. The van der Waals surface area contributed by atoms with Gasteiger partial charge in [0.1, 0.15) is 5.75 Å². The summed E-state index contributed by atoms with van der Waals surface area (Å²) in [5, 5.41) is 4.34. The molecule has 18 heavy (non-hydrogen) atoms. The average Bonchev–Trinajstić information content (AvgIpc) is 2.74. The van der Waals surface area contributed by atoms with E-state index in [1.165, 1.54) is 11.1 Å². The second-order valence-electron chi connectivity index (χ2n) is 5.06. The van der Waals surface area contributed by atoms with E-state index in [4.69, 9.17) is 21.1 Å². The van der Waals surface area contributed by atoms with Crippen LogP contribution in [0.15, 0.2) is 12.1 Å². The van der Waals surface area contributed by atoms with Crippen molar-refractivity contribution in [1.29, 1.82) is 0 Å². The number of nitrogens with one attached hydrogen (secondary N) is 1. The number of methoxy groups -OCH3 is 1. The van der Waals surface area contributed by atoms with E-state index in [9.17, 15) is 0 Å². The molecule has 98 valence electrons. The highest BCUT2D eigenvalue weighted by molar-refractivity contribution is 6.30. The van der Waals surface area contributed by atoms with E-state index in [1.807, 2.05) is 12.1 Å². The highest BCUT2D eigenvalue weighted by atomic mass is 35.5. The number of ether oxygens (including phenoxy) is 2. The Labute approximate surface area is 112 Å². The molecule has 4 heteroatoms. The standard InChI is InChI=1S/C14H18ClNO2/c1-17-13-6-12(7-13)16-8-10-5-11(15)4-9-2-3-18-14(9)10/h4-5,12-13,16H,2-3,6-8H2,1H3. The lowest BCUT2D eigenvalue weighted by molar-refractivity contribution is 0.0169. The third-order valence-electron chi connectivity index (χ3n) is 3.83. The molecule has 3 nitrogen and oxygen atoms in total. The van der Waals surface area contributed by atoms with Crippen molar-refractivity contribution >= 4 is 11.6 Å². The zero-order chi connectivity index (χ0) is 12.5. The Hall–Kier alpha value is -0.770. The molecule has 1 fully saturated rings. The van der Waals surface area contributed by atoms with E-state index in [-0.39, 0.29) is 0 Å². The van der Waals surface area contributed by atoms with Gasteiger partial charge in [0, 0.05) is 36.7 Å². The smallest absolute Gasteiger partial charge is 0.127 e. The van der Waals surface area contributed by atoms with Crippen molar-refractivity contribution < 1.29 is 9.47 Å². The molecule has 1 aromatic rings. The van der Waals surface area contributed by atoms with Gasteiger partial charge in [-0.3, -0.25) is 0 Å². The Morgan fingerprint density at radius 1 is 1.44 bits per heavy atom. The largest absolute Gasteiger partial charge is 0.493 e. The second-order valence-corrected chi connectivity index (χ2v) is 5.49. The van der Waals surface area contributed by atoms with Gasteiger partial charge in [-0.1, -0.05) is 11.6 Å². The van der Waals surface area contributed by atoms with Crippen molar-refractivity contribution in [3.63, 3.8) is 0 Å². The quantitative estimate of drug-likeness (QED) is 0.909. The molecule has 1 saturated carbocycles. The number of benzene rings is 1. The summed E-state index contributed by atoms with van der Waals surface area (Å²) < 4.78 is 11.0. The van der Waals surface area contributed by atoms with Gasteiger partial charge < -0.3 is 14.8 Å². The van der Waals surface area contributed by atoms with E-state index in [0.717, 1.165) is 43.2 Å². The molecule has 1 aromatic carbocycles. The average molecular weight is 268 g/mol. The van der Waals surface area contributed by atoms with Crippen LogP contribution < -0.4 is 10.1 Å². The Bertz CT molecular complexity index is 444. The molecule has 0 spiro atoms. The first-order valence-corrected chi connectivity index (χ1v) is 6.84. The van der Waals surface area contributed by atoms with Crippen LogP contribution in [0.25, 0.3) is 0 Å². The Kier molecular flexibility index (Phi) is 3.46. The first-order valence-electron chi connectivity index (χ1n) is 6.46. The van der Waals surface area contributed by atoms with Crippen LogP contribution >= 0.6 is 11.6 Å². The third kappa shape index (κ3) is 2.35. The van der Waals surface area contributed by atoms with Crippen molar-refractivity contribution in [2.24, 2.45) is 0 Å². The van der Waals surface area contributed by atoms with Gasteiger partial charge in [-0.15, -0.1) is 0 Å². The topological polar surface area (TPSA) is 30.5 Å². The maximum absolute atomic E-state index is 6.13. The fourth-order valence-electron chi connectivity index (χ4n) is 2.66. The van der Waals surface area contributed by atoms with E-state index in [2.05, 4.69) is 5.32 Å². The summed E-state index contributed by atoms with van der Waals surface area (Å²) in [7, 11) is 1.78. The second kappa shape index (κ2) is 5.08. The summed E-state index contributed by atoms with van der Waals surface area (Å²) in [5.41, 5.74) is 2.42. The van der Waals surface area contributed by atoms with Crippen LogP contribution in [-0.4, -0.2) is 25.9 Å². The molecule has 0 saturated heterocycles. The molecule has 2 aliphatic rings. The third-order valence-corrected chi connectivity index (χ3v) is 4.05. The summed E-state index contributed by atoms with van der Waals surface area (Å²) in [6.07, 6.45) is 3.60. The Morgan fingerprint density at radius 2 is 2.28 bits per heavy atom. The zero-order valence-corrected chi connectivity index (χ0v) is 11.3. The molecule has 1 aliphatic heterocycles. The maximum Gasteiger partial charge on any atom is 0.127 e. The van der Waals surface area contributed by atoms with Gasteiger partial charge in [0.05, 0.1) is 12.7 Å². The van der Waals surface area contributed by atoms with Crippen LogP contribution in [0.2, 0.25) is 5.02 Å². The summed E-state index contributed by atoms with van der Waals surface area (Å²) in [4.78, 5) is 0. The number of hydrogen-bond acceptors (Lipinski definition) is 3. The van der Waals surface area contributed by atoms with Gasteiger partial charge in [0.15, 0.2) is 0 Å². The normalized spacial score (nSPS) is 25.4. The predicted octanol–water partition coefficient (Wildman–Crippen LogP) is 2.54. The minimum atomic E-state index is 0.434. The van der Waals surface area contributed by atoms with Crippen LogP contribution in [0.5, 0.6) is 5.75 Å². The summed E-state index contributed by atoms with van der Waals surface area (Å²) >= 11 is 6.13. The first kappa shape index (κ1) is 12.3. The number of halogens is 1. The van der Waals surface area contributed by atoms with E-state index in [0.29, 0.717) is 12.1 Å². The van der Waals surface area contributed by atoms with Crippen LogP contribution in [0.4, 0.5) is 0 Å². The zero-order valence-electron chi connectivity index (χ0n) is 10.5. The van der Waals surface area contributed by atoms with Gasteiger partial charge in [0.2, 0.25) is 0 Å². The fraction of sp³-hybridized carbons (Fsp3) is 0.571. The molecule has 1 N–H and O–H groups in total. The number of fused-ring (bicyclic) bond motifs is 1. The van der Waals surface area contributed by atoms with Crippen molar-refractivity contribution in [1.82, 2.24) is 5.32 Å². The van der Waals surface area contributed by atoms with E-state index < -0.39 is 0 Å². The molecule has 0 bridgehead atoms. The lowest BCUT2D eigenvalue weighted by atomic mass is 9.89. The first-order chi connectivity index (χ1) is 8.76. The van der Waals surface area contributed by atoms with Crippen molar-refractivity contribution in [3.8, 4) is 5.75 Å². The predicted molar refractivity (Wildman–Crippen MR) is 71.3 cm³/mol. The van der Waals surface area contributed by atoms with Crippen molar-refractivity contribution in [2.45, 2.75) is 38.0 Å². The van der Waals surface area contributed by atoms with Crippen LogP contribution in [-0.2, 0) is 17.7 Å². The van der Waals surface area contributed by atoms with E-state index >= 15 is 0 Å². The van der Waals surface area contributed by atoms with Gasteiger partial charge in [-0.25, -0.2) is 0 Å². The van der Waals surface area contributed by atoms with Crippen LogP contribution in [0.3, 0.4) is 0 Å². The van der Waals surface area contributed by atoms with Gasteiger partial charge in [-0.05, 0) is 30.5 Å². The maximum atomic E-state index is 6.13. The molecule has 1 aliphatic carbocycles. The lowest BCUT2D eigenvalue weighted by Gasteiger charge is -2.34. The molecule has 0 atom stereocenters. The fourth-order valence-corrected chi connectivity index (χ4v) is 2.92. The molecular weight excluding hydrogens is 250 g/mol. The number of rotatable bonds is 4. The highest BCUT2D eigenvalue weighted by Crippen LogP contribution is 2.33. The van der Waals surface area contributed by atoms with Crippen LogP contribution in [0.1, 0.15) is 24.0 Å². The highest BCUT2D eigenvalue weighted by Gasteiger charge is 2.28. The molecule has 0 unspecified atom stereocenters. The molecule has 1 heterocycles. The summed E-state index contributed by atoms with van der Waals surface area (Å²) in [6.45, 7) is 1.60. The van der Waals surface area contributed by atoms with Gasteiger partial charge in [-0.2, -0.15) is 0 Å². The minimum Gasteiger partial charge on any atom is -0.493 e. The van der Waals surface area contributed by atoms with Crippen molar-refractivity contribution in [3.05, 3.63) is 28.3 Å². The summed E-state index contributed by atoms with van der Waals surface area (Å²) in [6, 6.07) is 4.58. The summed E-state index contributed by atoms with van der Waals surface area (Å²) in [5.74, 6) is 1.04. The SMILES string of the molecule is COC1CC(NCc2cc(Cl)cc3c2OCC3)C1. The Balaban J connectivity index is 1.63. The molecule has 3 rings (SSSR count). The Morgan fingerprint density at radius 3 is 3.06 bits per heavy atom. The monoisotopic (exact) mass is 267 g/mol.